The minimum absolute atomic E-state index is 0.205. The lowest BCUT2D eigenvalue weighted by Crippen LogP contribution is -2.28. The van der Waals surface area contributed by atoms with E-state index < -0.39 is 17.7 Å². The lowest BCUT2D eigenvalue weighted by molar-refractivity contribution is 0.251. The van der Waals surface area contributed by atoms with Gasteiger partial charge in [-0.05, 0) is 31.5 Å². The number of aryl methyl sites for hydroxylation is 2. The molecule has 4 nitrogen and oxygen atoms in total. The Morgan fingerprint density at radius 2 is 1.92 bits per heavy atom. The van der Waals surface area contributed by atoms with Crippen LogP contribution in [0.25, 0.3) is 10.6 Å². The largest absolute Gasteiger partial charge is 0.333 e. The van der Waals surface area contributed by atoms with Crippen molar-refractivity contribution < 1.29 is 13.6 Å². The standard InChI is InChI=1S/C19H17F2N3OS/c1-11-5-3-4-6-14(11)18-23-12(2)17(26-18)10-22-19(25)24-16-9-13(20)7-8-15(16)21/h3-9H,10H2,1-2H3,(H2,22,24,25). The summed E-state index contributed by atoms with van der Waals surface area (Å²) in [6.45, 7) is 4.14. The maximum atomic E-state index is 13.6. The van der Waals surface area contributed by atoms with E-state index in [9.17, 15) is 13.6 Å². The average molecular weight is 373 g/mol. The molecule has 0 saturated heterocycles. The topological polar surface area (TPSA) is 54.0 Å². The summed E-state index contributed by atoms with van der Waals surface area (Å²) in [4.78, 5) is 17.4. The SMILES string of the molecule is Cc1ccccc1-c1nc(C)c(CNC(=O)Nc2cc(F)ccc2F)s1. The number of thiazole rings is 1. The molecular formula is C19H17F2N3OS. The molecule has 2 aromatic carbocycles. The summed E-state index contributed by atoms with van der Waals surface area (Å²) in [5.41, 5.74) is 2.80. The molecule has 0 aliphatic heterocycles. The van der Waals surface area contributed by atoms with Crippen molar-refractivity contribution in [3.8, 4) is 10.6 Å². The van der Waals surface area contributed by atoms with Crippen molar-refractivity contribution in [2.75, 3.05) is 5.32 Å². The summed E-state index contributed by atoms with van der Waals surface area (Å²) in [5, 5.41) is 5.84. The van der Waals surface area contributed by atoms with Gasteiger partial charge in [-0.2, -0.15) is 0 Å². The molecule has 26 heavy (non-hydrogen) atoms. The predicted molar refractivity (Wildman–Crippen MR) is 99.2 cm³/mol. The molecule has 2 amide bonds. The molecule has 0 unspecified atom stereocenters. The fourth-order valence-electron chi connectivity index (χ4n) is 2.44. The molecule has 0 radical (unpaired) electrons. The first kappa shape index (κ1) is 18.0. The molecule has 0 spiro atoms. The van der Waals surface area contributed by atoms with Gasteiger partial charge in [-0.25, -0.2) is 18.6 Å². The second-order valence-electron chi connectivity index (χ2n) is 5.77. The molecule has 0 fully saturated rings. The Kier molecular flexibility index (Phi) is 5.27. The summed E-state index contributed by atoms with van der Waals surface area (Å²) >= 11 is 1.49. The van der Waals surface area contributed by atoms with Gasteiger partial charge in [0.2, 0.25) is 0 Å². The fourth-order valence-corrected chi connectivity index (χ4v) is 3.53. The number of hydrogen-bond donors (Lipinski definition) is 2. The van der Waals surface area contributed by atoms with Crippen LogP contribution in [0.4, 0.5) is 19.3 Å². The van der Waals surface area contributed by atoms with E-state index in [1.807, 2.05) is 38.1 Å². The molecular weight excluding hydrogens is 356 g/mol. The highest BCUT2D eigenvalue weighted by Crippen LogP contribution is 2.30. The van der Waals surface area contributed by atoms with Gasteiger partial charge in [0.05, 0.1) is 17.9 Å². The van der Waals surface area contributed by atoms with Crippen molar-refractivity contribution in [2.45, 2.75) is 20.4 Å². The van der Waals surface area contributed by atoms with E-state index in [2.05, 4.69) is 15.6 Å². The molecule has 0 aliphatic carbocycles. The fraction of sp³-hybridized carbons (Fsp3) is 0.158. The van der Waals surface area contributed by atoms with Gasteiger partial charge in [0, 0.05) is 16.5 Å². The number of nitrogens with zero attached hydrogens (tertiary/aromatic N) is 1. The van der Waals surface area contributed by atoms with E-state index in [0.29, 0.717) is 0 Å². The van der Waals surface area contributed by atoms with Gasteiger partial charge in [-0.3, -0.25) is 0 Å². The number of carbonyl (C=O) groups is 1. The van der Waals surface area contributed by atoms with E-state index in [-0.39, 0.29) is 12.2 Å². The van der Waals surface area contributed by atoms with Crippen LogP contribution in [0, 0.1) is 25.5 Å². The van der Waals surface area contributed by atoms with Crippen molar-refractivity contribution in [3.05, 3.63) is 70.2 Å². The number of rotatable bonds is 4. The summed E-state index contributed by atoms with van der Waals surface area (Å²) in [6.07, 6.45) is 0. The highest BCUT2D eigenvalue weighted by molar-refractivity contribution is 7.15. The summed E-state index contributed by atoms with van der Waals surface area (Å²) in [5.74, 6) is -1.32. The van der Waals surface area contributed by atoms with Gasteiger partial charge in [0.15, 0.2) is 0 Å². The number of urea groups is 1. The molecule has 3 aromatic rings. The average Bonchev–Trinajstić information content (AvgIpc) is 2.97. The van der Waals surface area contributed by atoms with Gasteiger partial charge < -0.3 is 10.6 Å². The molecule has 3 rings (SSSR count). The Morgan fingerprint density at radius 1 is 1.15 bits per heavy atom. The zero-order chi connectivity index (χ0) is 18.7. The van der Waals surface area contributed by atoms with E-state index in [4.69, 9.17) is 0 Å². The summed E-state index contributed by atoms with van der Waals surface area (Å²) in [7, 11) is 0. The van der Waals surface area contributed by atoms with Gasteiger partial charge in [-0.1, -0.05) is 24.3 Å². The predicted octanol–water partition coefficient (Wildman–Crippen LogP) is 5.03. The highest BCUT2D eigenvalue weighted by Gasteiger charge is 2.13. The smallest absolute Gasteiger partial charge is 0.319 e. The molecule has 2 N–H and O–H groups in total. The normalized spacial score (nSPS) is 10.6. The van der Waals surface area contributed by atoms with E-state index in [1.165, 1.54) is 11.3 Å². The minimum Gasteiger partial charge on any atom is -0.333 e. The van der Waals surface area contributed by atoms with Crippen LogP contribution in [0.5, 0.6) is 0 Å². The van der Waals surface area contributed by atoms with Gasteiger partial charge in [-0.15, -0.1) is 11.3 Å². The number of anilines is 1. The van der Waals surface area contributed by atoms with Crippen molar-refractivity contribution in [1.82, 2.24) is 10.3 Å². The third kappa shape index (κ3) is 4.05. The molecule has 1 aromatic heterocycles. The number of amides is 2. The number of aromatic nitrogens is 1. The number of nitrogens with one attached hydrogen (secondary N) is 2. The lowest BCUT2D eigenvalue weighted by atomic mass is 10.1. The molecule has 0 aliphatic rings. The molecule has 0 atom stereocenters. The Hall–Kier alpha value is -2.80. The van der Waals surface area contributed by atoms with Crippen LogP contribution >= 0.6 is 11.3 Å². The second-order valence-corrected chi connectivity index (χ2v) is 6.86. The van der Waals surface area contributed by atoms with Crippen LogP contribution in [0.3, 0.4) is 0 Å². The Bertz CT molecular complexity index is 956. The molecule has 134 valence electrons. The van der Waals surface area contributed by atoms with Gasteiger partial charge >= 0.3 is 6.03 Å². The van der Waals surface area contributed by atoms with Crippen LogP contribution in [0.2, 0.25) is 0 Å². The van der Waals surface area contributed by atoms with E-state index in [0.717, 1.165) is 44.9 Å². The number of benzene rings is 2. The maximum Gasteiger partial charge on any atom is 0.319 e. The Morgan fingerprint density at radius 3 is 2.69 bits per heavy atom. The zero-order valence-electron chi connectivity index (χ0n) is 14.3. The third-order valence-corrected chi connectivity index (χ3v) is 5.04. The van der Waals surface area contributed by atoms with Crippen LogP contribution in [-0.4, -0.2) is 11.0 Å². The summed E-state index contributed by atoms with van der Waals surface area (Å²) < 4.78 is 26.7. The summed E-state index contributed by atoms with van der Waals surface area (Å²) in [6, 6.07) is 10.2. The van der Waals surface area contributed by atoms with Crippen molar-refractivity contribution >= 4 is 23.1 Å². The number of carbonyl (C=O) groups excluding carboxylic acids is 1. The zero-order valence-corrected chi connectivity index (χ0v) is 15.1. The van der Waals surface area contributed by atoms with Crippen molar-refractivity contribution in [3.63, 3.8) is 0 Å². The highest BCUT2D eigenvalue weighted by atomic mass is 32.1. The number of hydrogen-bond acceptors (Lipinski definition) is 3. The van der Waals surface area contributed by atoms with Crippen LogP contribution < -0.4 is 10.6 Å². The molecule has 0 saturated carbocycles. The van der Waals surface area contributed by atoms with Gasteiger partial charge in [0.1, 0.15) is 16.6 Å². The van der Waals surface area contributed by atoms with E-state index >= 15 is 0 Å². The molecule has 7 heteroatoms. The van der Waals surface area contributed by atoms with Crippen molar-refractivity contribution in [1.29, 1.82) is 0 Å². The van der Waals surface area contributed by atoms with Crippen LogP contribution in [0.1, 0.15) is 16.1 Å². The monoisotopic (exact) mass is 373 g/mol. The van der Waals surface area contributed by atoms with Gasteiger partial charge in [0.25, 0.3) is 0 Å². The maximum absolute atomic E-state index is 13.6. The van der Waals surface area contributed by atoms with Crippen molar-refractivity contribution in [2.24, 2.45) is 0 Å². The first-order chi connectivity index (χ1) is 12.4. The minimum atomic E-state index is -0.697. The van der Waals surface area contributed by atoms with Crippen LogP contribution in [-0.2, 0) is 6.54 Å². The van der Waals surface area contributed by atoms with Crippen LogP contribution in [0.15, 0.2) is 42.5 Å². The molecule has 1 heterocycles. The Balaban J connectivity index is 1.67. The number of halogens is 2. The first-order valence-electron chi connectivity index (χ1n) is 7.96. The van der Waals surface area contributed by atoms with E-state index in [1.54, 1.807) is 0 Å². The first-order valence-corrected chi connectivity index (χ1v) is 8.78. The Labute approximate surface area is 153 Å². The molecule has 0 bridgehead atoms. The lowest BCUT2D eigenvalue weighted by Gasteiger charge is -2.08. The quantitative estimate of drug-likeness (QED) is 0.674. The third-order valence-electron chi connectivity index (χ3n) is 3.85. The second kappa shape index (κ2) is 7.61.